The number of benzene rings is 1. The van der Waals surface area contributed by atoms with Crippen molar-refractivity contribution < 1.29 is 17.2 Å². The van der Waals surface area contributed by atoms with Crippen molar-refractivity contribution in [3.63, 3.8) is 0 Å². The molecule has 0 aliphatic carbocycles. The van der Waals surface area contributed by atoms with Gasteiger partial charge in [0.15, 0.2) is 4.21 Å². The number of hydrazine groups is 1. The van der Waals surface area contributed by atoms with Crippen LogP contribution in [0.4, 0.5) is 25.9 Å². The molecule has 0 radical (unpaired) electrons. The van der Waals surface area contributed by atoms with Crippen LogP contribution in [0.1, 0.15) is 19.4 Å². The fraction of sp³-hybridized carbons (Fsp3) is 0.333. The van der Waals surface area contributed by atoms with E-state index in [1.807, 2.05) is 24.9 Å². The van der Waals surface area contributed by atoms with Crippen molar-refractivity contribution in [2.75, 3.05) is 18.5 Å². The predicted molar refractivity (Wildman–Crippen MR) is 101 cm³/mol. The third-order valence-corrected chi connectivity index (χ3v) is 5.85. The van der Waals surface area contributed by atoms with Crippen molar-refractivity contribution in [2.24, 2.45) is 10.2 Å². The lowest BCUT2D eigenvalue weighted by Crippen LogP contribution is -2.29. The van der Waals surface area contributed by atoms with E-state index in [-0.39, 0.29) is 5.00 Å². The minimum Gasteiger partial charge on any atom is -0.319 e. The topological polar surface area (TPSA) is 117 Å². The first-order chi connectivity index (χ1) is 12.7. The lowest BCUT2D eigenvalue weighted by molar-refractivity contribution is -0.383. The Morgan fingerprint density at radius 3 is 2.44 bits per heavy atom. The smallest absolute Gasteiger partial charge is 0.319 e. The van der Waals surface area contributed by atoms with Crippen LogP contribution in [0.2, 0.25) is 0 Å². The van der Waals surface area contributed by atoms with E-state index in [4.69, 9.17) is 0 Å². The zero-order valence-corrected chi connectivity index (χ0v) is 16.5. The van der Waals surface area contributed by atoms with E-state index in [0.717, 1.165) is 24.3 Å². The molecule has 12 heteroatoms. The highest BCUT2D eigenvalue weighted by Crippen LogP contribution is 2.41. The Hall–Kier alpha value is -2.44. The van der Waals surface area contributed by atoms with Crippen LogP contribution < -0.4 is 5.43 Å². The first-order valence-corrected chi connectivity index (χ1v) is 10.1. The summed E-state index contributed by atoms with van der Waals surface area (Å²) in [6.45, 7) is 7.47. The highest BCUT2D eigenvalue weighted by molar-refractivity contribution is 7.88. The zero-order valence-electron chi connectivity index (χ0n) is 14.8. The van der Waals surface area contributed by atoms with Crippen LogP contribution >= 0.6 is 11.3 Å². The number of anilines is 1. The second-order valence-electron chi connectivity index (χ2n) is 5.44. The number of nitrogens with one attached hydrogen (secondary N) is 1. The van der Waals surface area contributed by atoms with Gasteiger partial charge in [0, 0.05) is 18.8 Å². The highest BCUT2D eigenvalue weighted by Gasteiger charge is 2.26. The molecular formula is C15H18FN5O4S2. The number of halogens is 1. The van der Waals surface area contributed by atoms with Gasteiger partial charge >= 0.3 is 15.9 Å². The normalized spacial score (nSPS) is 12.0. The van der Waals surface area contributed by atoms with Gasteiger partial charge in [-0.2, -0.15) is 8.42 Å². The number of azo groups is 1. The van der Waals surface area contributed by atoms with E-state index in [9.17, 15) is 22.4 Å². The van der Waals surface area contributed by atoms with Crippen molar-refractivity contribution >= 4 is 43.6 Å². The molecule has 0 spiro atoms. The largest absolute Gasteiger partial charge is 0.342 e. The summed E-state index contributed by atoms with van der Waals surface area (Å²) < 4.78 is 34.2. The van der Waals surface area contributed by atoms with E-state index in [1.54, 1.807) is 19.1 Å². The van der Waals surface area contributed by atoms with E-state index in [1.165, 1.54) is 0 Å². The van der Waals surface area contributed by atoms with Gasteiger partial charge in [-0.3, -0.25) is 10.1 Å². The molecule has 0 amide bonds. The minimum absolute atomic E-state index is 0.291. The number of thiophene rings is 1. The first-order valence-electron chi connectivity index (χ1n) is 7.92. The van der Waals surface area contributed by atoms with Gasteiger partial charge in [-0.05, 0) is 30.7 Å². The molecule has 1 aromatic heterocycles. The van der Waals surface area contributed by atoms with Gasteiger partial charge in [0.05, 0.1) is 16.7 Å². The monoisotopic (exact) mass is 415 g/mol. The number of hydrogen-bond acceptors (Lipinski definition) is 9. The molecule has 1 heterocycles. The second kappa shape index (κ2) is 8.50. The molecule has 27 heavy (non-hydrogen) atoms. The Bertz CT molecular complexity index is 971. The average molecular weight is 415 g/mol. The Balaban J connectivity index is 2.30. The van der Waals surface area contributed by atoms with E-state index >= 15 is 0 Å². The summed E-state index contributed by atoms with van der Waals surface area (Å²) in [5, 5.41) is 20.4. The quantitative estimate of drug-likeness (QED) is 0.289. The van der Waals surface area contributed by atoms with Gasteiger partial charge in [-0.25, -0.2) is 5.01 Å². The molecule has 2 rings (SSSR count). The van der Waals surface area contributed by atoms with Crippen LogP contribution in [0.3, 0.4) is 0 Å². The third-order valence-electron chi connectivity index (χ3n) is 3.60. The number of aryl methyl sites for hydroxylation is 1. The van der Waals surface area contributed by atoms with Crippen LogP contribution in [0.15, 0.2) is 38.7 Å². The van der Waals surface area contributed by atoms with Gasteiger partial charge in [0.25, 0.3) is 0 Å². The maximum absolute atomic E-state index is 13.1. The fourth-order valence-corrected chi connectivity index (χ4v) is 3.74. The summed E-state index contributed by atoms with van der Waals surface area (Å²) in [5.41, 5.74) is 4.68. The van der Waals surface area contributed by atoms with E-state index < -0.39 is 25.0 Å². The van der Waals surface area contributed by atoms with Gasteiger partial charge < -0.3 is 5.43 Å². The lowest BCUT2D eigenvalue weighted by Gasteiger charge is -2.21. The summed E-state index contributed by atoms with van der Waals surface area (Å²) in [6, 6.07) is 5.93. The van der Waals surface area contributed by atoms with Crippen LogP contribution in [-0.4, -0.2) is 31.4 Å². The van der Waals surface area contributed by atoms with Gasteiger partial charge in [0.1, 0.15) is 0 Å². The summed E-state index contributed by atoms with van der Waals surface area (Å²) in [6.07, 6.45) is 0. The fourth-order valence-electron chi connectivity index (χ4n) is 2.17. The highest BCUT2D eigenvalue weighted by atomic mass is 32.3. The van der Waals surface area contributed by atoms with Crippen LogP contribution in [-0.2, 0) is 10.2 Å². The first kappa shape index (κ1) is 20.9. The Morgan fingerprint density at radius 1 is 1.26 bits per heavy atom. The van der Waals surface area contributed by atoms with E-state index in [2.05, 4.69) is 15.7 Å². The molecule has 0 unspecified atom stereocenters. The number of hydrogen-bond donors (Lipinski definition) is 1. The second-order valence-corrected chi connectivity index (χ2v) is 8.04. The average Bonchev–Trinajstić information content (AvgIpc) is 3.03. The van der Waals surface area contributed by atoms with Crippen molar-refractivity contribution in [1.82, 2.24) is 5.01 Å². The van der Waals surface area contributed by atoms with Crippen molar-refractivity contribution in [2.45, 2.75) is 25.0 Å². The minimum atomic E-state index is -5.05. The molecule has 1 N–H and O–H groups in total. The van der Waals surface area contributed by atoms with Gasteiger partial charge in [-0.1, -0.05) is 29.1 Å². The number of nitro groups is 1. The van der Waals surface area contributed by atoms with Crippen LogP contribution in [0, 0.1) is 17.0 Å². The van der Waals surface area contributed by atoms with Gasteiger partial charge in [-0.15, -0.1) is 10.2 Å². The molecule has 0 saturated carbocycles. The SMILES string of the molecule is CCN(CC)Nc1ccc(N=Nc2sc(S(=O)(=O)F)cc2[N+](=O)[O-])c(C)c1. The maximum atomic E-state index is 13.1. The maximum Gasteiger partial charge on any atom is 0.342 e. The van der Waals surface area contributed by atoms with Crippen molar-refractivity contribution in [3.8, 4) is 0 Å². The molecular weight excluding hydrogens is 397 g/mol. The number of nitrogens with zero attached hydrogens (tertiary/aromatic N) is 4. The predicted octanol–water partition coefficient (Wildman–Crippen LogP) is 4.71. The summed E-state index contributed by atoms with van der Waals surface area (Å²) in [5.74, 6) is 0. The van der Waals surface area contributed by atoms with E-state index in [0.29, 0.717) is 23.1 Å². The molecule has 2 aromatic rings. The Morgan fingerprint density at radius 2 is 1.93 bits per heavy atom. The molecule has 1 aromatic carbocycles. The van der Waals surface area contributed by atoms with Crippen LogP contribution in [0.5, 0.6) is 0 Å². The third kappa shape index (κ3) is 5.28. The number of rotatable bonds is 8. The molecule has 0 fully saturated rings. The molecule has 9 nitrogen and oxygen atoms in total. The summed E-state index contributed by atoms with van der Waals surface area (Å²) in [7, 11) is -5.05. The lowest BCUT2D eigenvalue weighted by atomic mass is 10.2. The molecule has 0 atom stereocenters. The summed E-state index contributed by atoms with van der Waals surface area (Å²) >= 11 is 0.353. The Kier molecular flexibility index (Phi) is 6.57. The summed E-state index contributed by atoms with van der Waals surface area (Å²) in [4.78, 5) is 10.2. The standard InChI is InChI=1S/C15H18FN5O4S2/c1-4-20(5-2)19-11-6-7-12(10(3)8-11)17-18-15-13(21(22)23)9-14(26-15)27(16,24)25/h6-9,19H,4-5H2,1-3H3. The molecule has 146 valence electrons. The van der Waals surface area contributed by atoms with Gasteiger partial charge in [0.2, 0.25) is 5.00 Å². The molecule has 0 aliphatic rings. The van der Waals surface area contributed by atoms with Crippen LogP contribution in [0.25, 0.3) is 0 Å². The Labute approximate surface area is 159 Å². The molecule has 0 saturated heterocycles. The molecule has 0 aliphatic heterocycles. The van der Waals surface area contributed by atoms with Crippen molar-refractivity contribution in [1.29, 1.82) is 0 Å². The molecule has 0 bridgehead atoms. The zero-order chi connectivity index (χ0) is 20.2. The van der Waals surface area contributed by atoms with Crippen molar-refractivity contribution in [3.05, 3.63) is 39.9 Å².